The van der Waals surface area contributed by atoms with E-state index in [0.29, 0.717) is 0 Å². The average molecular weight is 178 g/mol. The van der Waals surface area contributed by atoms with E-state index in [0.717, 1.165) is 5.75 Å². The first-order valence-corrected chi connectivity index (χ1v) is 6.78. The molecule has 0 heterocycles. The van der Waals surface area contributed by atoms with E-state index in [1.165, 1.54) is 19.3 Å². The number of hydrogen-bond donors (Lipinski definition) is 0. The van der Waals surface area contributed by atoms with Gasteiger partial charge in [-0.3, -0.25) is 0 Å². The third-order valence-corrected chi connectivity index (χ3v) is 3.70. The van der Waals surface area contributed by atoms with Gasteiger partial charge in [-0.25, -0.2) is 0 Å². The average Bonchev–Trinajstić information content (AvgIpc) is 1.80. The molecule has 0 aromatic carbocycles. The van der Waals surface area contributed by atoms with Crippen LogP contribution in [0.5, 0.6) is 0 Å². The number of unbranched alkanes of at least 4 members (excludes halogenated alkanes) is 2. The van der Waals surface area contributed by atoms with Crippen molar-refractivity contribution < 1.29 is 0 Å². The van der Waals surface area contributed by atoms with Crippen molar-refractivity contribution in [1.29, 1.82) is 0 Å². The van der Waals surface area contributed by atoms with Crippen molar-refractivity contribution in [3.05, 3.63) is 0 Å². The molecule has 0 saturated carbocycles. The molecule has 0 aliphatic rings. The van der Waals surface area contributed by atoms with Crippen LogP contribution in [-0.2, 0) is 18.9 Å². The minimum absolute atomic E-state index is 0.319. The zero-order chi connectivity index (χ0) is 7.11. The number of rotatable bonds is 4. The van der Waals surface area contributed by atoms with Crippen LogP contribution in [-0.4, -0.2) is 12.3 Å². The predicted molar refractivity (Wildman–Crippen MR) is 52.5 cm³/mol. The summed E-state index contributed by atoms with van der Waals surface area (Å²) in [4.78, 5) is 0. The van der Waals surface area contributed by atoms with Gasteiger partial charge >= 0.3 is 68.2 Å². The summed E-state index contributed by atoms with van der Waals surface area (Å²) in [6, 6.07) is 0. The molecule has 0 aromatic heterocycles. The Morgan fingerprint density at radius 1 is 1.56 bits per heavy atom. The van der Waals surface area contributed by atoms with Crippen LogP contribution in [0.2, 0.25) is 0 Å². The zero-order valence-corrected chi connectivity index (χ0v) is 8.08. The van der Waals surface area contributed by atoms with Gasteiger partial charge in [-0.2, -0.15) is 0 Å². The molecular formula is C5H11BS3. The first-order valence-electron chi connectivity index (χ1n) is 3.06. The first-order chi connectivity index (χ1) is 4.27. The van der Waals surface area contributed by atoms with E-state index in [9.17, 15) is 0 Å². The van der Waals surface area contributed by atoms with Crippen LogP contribution < -0.4 is 0 Å². The van der Waals surface area contributed by atoms with E-state index in [4.69, 9.17) is 17.7 Å². The summed E-state index contributed by atoms with van der Waals surface area (Å²) >= 11 is 4.80. The van der Waals surface area contributed by atoms with Gasteiger partial charge in [-0.05, 0) is 0 Å². The summed E-state index contributed by atoms with van der Waals surface area (Å²) in [6.07, 6.45) is 3.84. The Morgan fingerprint density at radius 3 is 2.67 bits per heavy atom. The van der Waals surface area contributed by atoms with Gasteiger partial charge in [0.1, 0.15) is 0 Å². The maximum atomic E-state index is 5.38. The molecular weight excluding hydrogens is 167 g/mol. The van der Waals surface area contributed by atoms with Crippen LogP contribution in [0.25, 0.3) is 0 Å². The summed E-state index contributed by atoms with van der Waals surface area (Å²) in [5.74, 6) is 1.14. The quantitative estimate of drug-likeness (QED) is 0.367. The van der Waals surface area contributed by atoms with Gasteiger partial charge in [0.15, 0.2) is 0 Å². The molecule has 0 aliphatic heterocycles. The fourth-order valence-corrected chi connectivity index (χ4v) is 2.44. The summed E-state index contributed by atoms with van der Waals surface area (Å²) in [7, 11) is 1.37. The second-order valence-electron chi connectivity index (χ2n) is 1.79. The van der Waals surface area contributed by atoms with Crippen LogP contribution in [0.1, 0.15) is 26.2 Å². The van der Waals surface area contributed by atoms with Crippen molar-refractivity contribution in [3.8, 4) is 0 Å². The van der Waals surface area contributed by atoms with E-state index in [2.05, 4.69) is 6.92 Å². The van der Waals surface area contributed by atoms with Crippen molar-refractivity contribution in [2.24, 2.45) is 0 Å². The molecule has 0 rings (SSSR count). The fourth-order valence-electron chi connectivity index (χ4n) is 0.493. The topological polar surface area (TPSA) is 0 Å². The molecule has 0 unspecified atom stereocenters. The summed E-state index contributed by atoms with van der Waals surface area (Å²) in [6.45, 7) is 7.58. The molecule has 0 nitrogen and oxygen atoms in total. The monoisotopic (exact) mass is 178 g/mol. The maximum absolute atomic E-state index is 5.38. The molecule has 0 spiro atoms. The van der Waals surface area contributed by atoms with E-state index in [1.54, 1.807) is 10.8 Å². The van der Waals surface area contributed by atoms with Crippen molar-refractivity contribution in [1.82, 2.24) is 0 Å². The van der Waals surface area contributed by atoms with E-state index >= 15 is 0 Å². The summed E-state index contributed by atoms with van der Waals surface area (Å²) in [5.41, 5.74) is 0. The minimum atomic E-state index is -0.319. The standard InChI is InChI=1S/C5H11BS3/c1-2-3-4-5-8-9(6)7/h2-5H2,1H3. The molecule has 9 heavy (non-hydrogen) atoms. The summed E-state index contributed by atoms with van der Waals surface area (Å²) < 4.78 is 0. The van der Waals surface area contributed by atoms with Crippen LogP contribution in [0.3, 0.4) is 0 Å². The van der Waals surface area contributed by atoms with Crippen molar-refractivity contribution in [2.45, 2.75) is 26.2 Å². The first kappa shape index (κ1) is 9.85. The second-order valence-corrected chi connectivity index (χ2v) is 6.45. The molecule has 0 bridgehead atoms. The Kier molecular flexibility index (Phi) is 7.63. The molecule has 0 radical (unpaired) electrons. The third-order valence-electron chi connectivity index (χ3n) is 0.947. The van der Waals surface area contributed by atoms with Gasteiger partial charge in [-0.15, -0.1) is 0 Å². The Morgan fingerprint density at radius 2 is 2.22 bits per heavy atom. The van der Waals surface area contributed by atoms with E-state index in [-0.39, 0.29) is 7.72 Å². The number of hydrogen-bond acceptors (Lipinski definition) is 2. The Labute approximate surface area is 68.3 Å². The van der Waals surface area contributed by atoms with Crippen molar-refractivity contribution >= 4 is 36.2 Å². The van der Waals surface area contributed by atoms with Crippen molar-refractivity contribution in [2.75, 3.05) is 5.75 Å². The molecule has 0 aromatic rings. The predicted octanol–water partition coefficient (Wildman–Crippen LogP) is 1.99. The van der Waals surface area contributed by atoms with Crippen molar-refractivity contribution in [3.63, 3.8) is 0 Å². The normalized spacial score (nSPS) is 9.67. The molecule has 0 N–H and O–H groups in total. The van der Waals surface area contributed by atoms with Gasteiger partial charge in [-0.1, -0.05) is 0 Å². The van der Waals surface area contributed by atoms with Gasteiger partial charge < -0.3 is 0 Å². The van der Waals surface area contributed by atoms with Crippen LogP contribution in [0.15, 0.2) is 0 Å². The van der Waals surface area contributed by atoms with Crippen LogP contribution in [0, 0.1) is 0 Å². The van der Waals surface area contributed by atoms with Gasteiger partial charge in [0.25, 0.3) is 0 Å². The summed E-state index contributed by atoms with van der Waals surface area (Å²) in [5, 5.41) is 0. The fraction of sp³-hybridized carbons (Fsp3) is 1.00. The van der Waals surface area contributed by atoms with Crippen LogP contribution >= 0.6 is 10.8 Å². The Bertz CT molecular complexity index is 158. The van der Waals surface area contributed by atoms with E-state index < -0.39 is 0 Å². The molecule has 0 fully saturated rings. The second kappa shape index (κ2) is 6.97. The molecule has 0 atom stereocenters. The van der Waals surface area contributed by atoms with Crippen LogP contribution in [0.4, 0.5) is 0 Å². The van der Waals surface area contributed by atoms with Gasteiger partial charge in [0.2, 0.25) is 0 Å². The molecule has 0 aliphatic carbocycles. The van der Waals surface area contributed by atoms with E-state index in [1.807, 2.05) is 0 Å². The Balaban J connectivity index is 2.95. The SMILES string of the molecule is B#S(=S)SCCCCC. The molecule has 0 saturated heterocycles. The Hall–Kier alpha value is 0.855. The zero-order valence-electron chi connectivity index (χ0n) is 5.63. The molecule has 0 amide bonds. The third kappa shape index (κ3) is 8.85. The molecule has 4 heteroatoms. The van der Waals surface area contributed by atoms with Gasteiger partial charge in [0, 0.05) is 0 Å². The van der Waals surface area contributed by atoms with Gasteiger partial charge in [0.05, 0.1) is 0 Å². The molecule has 52 valence electrons.